The Morgan fingerprint density at radius 3 is 2.89 bits per heavy atom. The topological polar surface area (TPSA) is 38.0 Å². The van der Waals surface area contributed by atoms with Crippen molar-refractivity contribution in [3.63, 3.8) is 0 Å². The van der Waals surface area contributed by atoms with Gasteiger partial charge in [-0.05, 0) is 53.8 Å². The summed E-state index contributed by atoms with van der Waals surface area (Å²) in [7, 11) is 0. The van der Waals surface area contributed by atoms with Gasteiger partial charge in [-0.25, -0.2) is 0 Å². The van der Waals surface area contributed by atoms with Crippen LogP contribution < -0.4 is 11.3 Å². The van der Waals surface area contributed by atoms with E-state index in [9.17, 15) is 0 Å². The Kier molecular flexibility index (Phi) is 4.95. The molecule has 0 saturated carbocycles. The van der Waals surface area contributed by atoms with E-state index in [1.54, 1.807) is 11.3 Å². The second-order valence-electron chi connectivity index (χ2n) is 4.41. The van der Waals surface area contributed by atoms with Crippen molar-refractivity contribution in [3.05, 3.63) is 56.2 Å². The third-order valence-electron chi connectivity index (χ3n) is 3.03. The molecule has 1 atom stereocenters. The van der Waals surface area contributed by atoms with Crippen LogP contribution in [0.3, 0.4) is 0 Å². The van der Waals surface area contributed by atoms with Crippen molar-refractivity contribution in [3.8, 4) is 0 Å². The summed E-state index contributed by atoms with van der Waals surface area (Å²) in [4.78, 5) is 0. The number of nitrogens with two attached hydrogens (primary N) is 1. The molecule has 0 aliphatic heterocycles. The highest BCUT2D eigenvalue weighted by molar-refractivity contribution is 9.10. The molecule has 3 N–H and O–H groups in total. The highest BCUT2D eigenvalue weighted by Crippen LogP contribution is 2.27. The zero-order valence-electron chi connectivity index (χ0n) is 10.3. The van der Waals surface area contributed by atoms with Crippen LogP contribution >= 0.6 is 27.3 Å². The Labute approximate surface area is 120 Å². The summed E-state index contributed by atoms with van der Waals surface area (Å²) in [5, 5.41) is 4.31. The Morgan fingerprint density at radius 1 is 1.39 bits per heavy atom. The fraction of sp³-hybridized carbons (Fsp3) is 0.286. The first-order chi connectivity index (χ1) is 8.70. The molecular weight excluding hydrogens is 308 g/mol. The van der Waals surface area contributed by atoms with Crippen LogP contribution in [0.5, 0.6) is 0 Å². The van der Waals surface area contributed by atoms with Gasteiger partial charge in [0.2, 0.25) is 0 Å². The van der Waals surface area contributed by atoms with Crippen LogP contribution in [-0.2, 0) is 6.42 Å². The molecule has 0 aliphatic rings. The summed E-state index contributed by atoms with van der Waals surface area (Å²) in [6.07, 6.45) is 2.04. The van der Waals surface area contributed by atoms with Gasteiger partial charge >= 0.3 is 0 Å². The average molecular weight is 325 g/mol. The normalized spacial score (nSPS) is 12.6. The number of nitrogens with one attached hydrogen (secondary N) is 1. The minimum atomic E-state index is 0.180. The molecule has 2 aromatic rings. The summed E-state index contributed by atoms with van der Waals surface area (Å²) in [6.45, 7) is 2.10. The second-order valence-corrected chi connectivity index (χ2v) is 6.05. The van der Waals surface area contributed by atoms with E-state index in [0.29, 0.717) is 0 Å². The first-order valence-electron chi connectivity index (χ1n) is 5.94. The number of halogens is 1. The van der Waals surface area contributed by atoms with Crippen molar-refractivity contribution >= 4 is 27.3 Å². The summed E-state index contributed by atoms with van der Waals surface area (Å²) in [5.41, 5.74) is 6.78. The van der Waals surface area contributed by atoms with Crippen molar-refractivity contribution in [2.24, 2.45) is 5.84 Å². The van der Waals surface area contributed by atoms with Crippen LogP contribution in [-0.4, -0.2) is 0 Å². The minimum absolute atomic E-state index is 0.180. The molecule has 0 saturated heterocycles. The van der Waals surface area contributed by atoms with E-state index in [-0.39, 0.29) is 6.04 Å². The molecule has 18 heavy (non-hydrogen) atoms. The van der Waals surface area contributed by atoms with E-state index in [1.165, 1.54) is 16.7 Å². The molecule has 0 spiro atoms. The van der Waals surface area contributed by atoms with E-state index in [4.69, 9.17) is 5.84 Å². The number of benzene rings is 1. The molecular formula is C14H17BrN2S. The van der Waals surface area contributed by atoms with Gasteiger partial charge in [0.25, 0.3) is 0 Å². The lowest BCUT2D eigenvalue weighted by Gasteiger charge is -2.18. The van der Waals surface area contributed by atoms with Crippen molar-refractivity contribution in [1.82, 2.24) is 5.43 Å². The molecule has 96 valence electrons. The number of aryl methyl sites for hydroxylation is 2. The van der Waals surface area contributed by atoms with Crippen LogP contribution in [0.2, 0.25) is 0 Å². The van der Waals surface area contributed by atoms with Gasteiger partial charge in [0, 0.05) is 10.5 Å². The standard InChI is InChI=1S/C14H17BrN2S/c1-10-2-4-13(15)12(8-10)14(17-16)5-3-11-6-7-18-9-11/h2,4,6-9,14,17H,3,5,16H2,1H3. The van der Waals surface area contributed by atoms with Gasteiger partial charge in [-0.15, -0.1) is 0 Å². The predicted octanol–water partition coefficient (Wildman–Crippen LogP) is 3.96. The summed E-state index contributed by atoms with van der Waals surface area (Å²) in [6, 6.07) is 8.71. The monoisotopic (exact) mass is 324 g/mol. The molecule has 2 rings (SSSR count). The zero-order valence-corrected chi connectivity index (χ0v) is 12.7. The molecule has 0 aliphatic carbocycles. The van der Waals surface area contributed by atoms with E-state index in [1.807, 2.05) is 0 Å². The SMILES string of the molecule is Cc1ccc(Br)c(C(CCc2ccsc2)NN)c1. The number of thiophene rings is 1. The van der Waals surface area contributed by atoms with E-state index in [2.05, 4.69) is 63.3 Å². The molecule has 4 heteroatoms. The lowest BCUT2D eigenvalue weighted by atomic mass is 9.99. The van der Waals surface area contributed by atoms with Gasteiger partial charge in [-0.2, -0.15) is 11.3 Å². The highest BCUT2D eigenvalue weighted by atomic mass is 79.9. The van der Waals surface area contributed by atoms with Crippen LogP contribution in [0.15, 0.2) is 39.5 Å². The lowest BCUT2D eigenvalue weighted by molar-refractivity contribution is 0.515. The first-order valence-corrected chi connectivity index (χ1v) is 7.67. The molecule has 1 heterocycles. The van der Waals surface area contributed by atoms with Crippen LogP contribution in [0, 0.1) is 6.92 Å². The fourth-order valence-electron chi connectivity index (χ4n) is 2.00. The second kappa shape index (κ2) is 6.48. The van der Waals surface area contributed by atoms with E-state index >= 15 is 0 Å². The Bertz CT molecular complexity index is 497. The minimum Gasteiger partial charge on any atom is -0.271 e. The summed E-state index contributed by atoms with van der Waals surface area (Å²) >= 11 is 5.34. The van der Waals surface area contributed by atoms with Crippen LogP contribution in [0.4, 0.5) is 0 Å². The molecule has 1 aromatic heterocycles. The van der Waals surface area contributed by atoms with Crippen molar-refractivity contribution in [2.75, 3.05) is 0 Å². The van der Waals surface area contributed by atoms with Crippen molar-refractivity contribution < 1.29 is 0 Å². The van der Waals surface area contributed by atoms with E-state index < -0.39 is 0 Å². The van der Waals surface area contributed by atoms with Crippen molar-refractivity contribution in [1.29, 1.82) is 0 Å². The molecule has 0 bridgehead atoms. The molecule has 0 fully saturated rings. The molecule has 1 aromatic carbocycles. The van der Waals surface area contributed by atoms with Gasteiger partial charge in [0.15, 0.2) is 0 Å². The van der Waals surface area contributed by atoms with Gasteiger partial charge < -0.3 is 0 Å². The van der Waals surface area contributed by atoms with Crippen LogP contribution in [0.25, 0.3) is 0 Å². The van der Waals surface area contributed by atoms with Gasteiger partial charge in [0.1, 0.15) is 0 Å². The number of hydrogen-bond donors (Lipinski definition) is 2. The molecule has 1 unspecified atom stereocenters. The summed E-state index contributed by atoms with van der Waals surface area (Å²) in [5.74, 6) is 5.69. The maximum absolute atomic E-state index is 5.69. The van der Waals surface area contributed by atoms with E-state index in [0.717, 1.165) is 17.3 Å². The third kappa shape index (κ3) is 3.42. The average Bonchev–Trinajstić information content (AvgIpc) is 2.87. The zero-order chi connectivity index (χ0) is 13.0. The Morgan fingerprint density at radius 2 is 2.22 bits per heavy atom. The largest absolute Gasteiger partial charge is 0.271 e. The Hall–Kier alpha value is -0.680. The highest BCUT2D eigenvalue weighted by Gasteiger charge is 2.13. The first kappa shape index (κ1) is 13.7. The third-order valence-corrected chi connectivity index (χ3v) is 4.48. The van der Waals surface area contributed by atoms with Crippen LogP contribution in [0.1, 0.15) is 29.2 Å². The number of rotatable bonds is 5. The molecule has 0 amide bonds. The Balaban J connectivity index is 2.10. The van der Waals surface area contributed by atoms with Gasteiger partial charge in [0.05, 0.1) is 0 Å². The van der Waals surface area contributed by atoms with Gasteiger partial charge in [-0.1, -0.05) is 33.6 Å². The maximum atomic E-state index is 5.69. The smallest absolute Gasteiger partial charge is 0.0474 e. The predicted molar refractivity (Wildman–Crippen MR) is 81.6 cm³/mol. The fourth-order valence-corrected chi connectivity index (χ4v) is 3.23. The van der Waals surface area contributed by atoms with Gasteiger partial charge in [-0.3, -0.25) is 11.3 Å². The molecule has 0 radical (unpaired) electrons. The molecule has 2 nitrogen and oxygen atoms in total. The summed E-state index contributed by atoms with van der Waals surface area (Å²) < 4.78 is 1.11. The quantitative estimate of drug-likeness (QED) is 0.645. The maximum Gasteiger partial charge on any atom is 0.0474 e. The van der Waals surface area contributed by atoms with Crippen molar-refractivity contribution in [2.45, 2.75) is 25.8 Å². The number of hydrogen-bond acceptors (Lipinski definition) is 3. The number of hydrazine groups is 1. The lowest BCUT2D eigenvalue weighted by Crippen LogP contribution is -2.28.